The molecule has 2 fully saturated rings. The molecule has 0 radical (unpaired) electrons. The van der Waals surface area contributed by atoms with Crippen LogP contribution in [0.25, 0.3) is 0 Å². The van der Waals surface area contributed by atoms with Crippen LogP contribution in [0, 0.1) is 11.7 Å². The van der Waals surface area contributed by atoms with Gasteiger partial charge >= 0.3 is 6.03 Å². The van der Waals surface area contributed by atoms with Gasteiger partial charge in [0.15, 0.2) is 0 Å². The molecule has 5 nitrogen and oxygen atoms in total. The quantitative estimate of drug-likeness (QED) is 0.919. The van der Waals surface area contributed by atoms with Crippen LogP contribution in [0.4, 0.5) is 14.9 Å². The van der Waals surface area contributed by atoms with Gasteiger partial charge in [-0.25, -0.2) is 9.18 Å². The van der Waals surface area contributed by atoms with Crippen molar-refractivity contribution in [2.45, 2.75) is 25.7 Å². The normalized spacial score (nSPS) is 21.8. The SMILES string of the molecule is COc1ccc(F)c(NC(=O)N2CC[C@H](CN3CCCCC3)C2)c1. The molecule has 2 aliphatic rings. The number of hydrogen-bond acceptors (Lipinski definition) is 3. The lowest BCUT2D eigenvalue weighted by atomic mass is 10.1. The van der Waals surface area contributed by atoms with E-state index in [9.17, 15) is 9.18 Å². The zero-order valence-corrected chi connectivity index (χ0v) is 14.3. The second-order valence-corrected chi connectivity index (χ2v) is 6.74. The zero-order chi connectivity index (χ0) is 16.9. The van der Waals surface area contributed by atoms with Gasteiger partial charge < -0.3 is 19.9 Å². The molecule has 3 rings (SSSR count). The number of urea groups is 1. The van der Waals surface area contributed by atoms with Gasteiger partial charge in [0.05, 0.1) is 12.8 Å². The van der Waals surface area contributed by atoms with Gasteiger partial charge in [0, 0.05) is 25.7 Å². The lowest BCUT2D eigenvalue weighted by molar-refractivity contribution is 0.192. The number of nitrogens with one attached hydrogen (secondary N) is 1. The van der Waals surface area contributed by atoms with Crippen molar-refractivity contribution in [2.24, 2.45) is 5.92 Å². The number of anilines is 1. The van der Waals surface area contributed by atoms with Crippen molar-refractivity contribution in [3.8, 4) is 5.75 Å². The molecule has 1 atom stereocenters. The fraction of sp³-hybridized carbons (Fsp3) is 0.611. The molecule has 0 unspecified atom stereocenters. The number of halogens is 1. The summed E-state index contributed by atoms with van der Waals surface area (Å²) in [5.74, 6) is 0.591. The molecule has 6 heteroatoms. The molecule has 1 N–H and O–H groups in total. The smallest absolute Gasteiger partial charge is 0.321 e. The van der Waals surface area contributed by atoms with Crippen molar-refractivity contribution in [3.05, 3.63) is 24.0 Å². The first kappa shape index (κ1) is 17.0. The van der Waals surface area contributed by atoms with E-state index in [1.807, 2.05) is 0 Å². The molecule has 0 aromatic heterocycles. The Bertz CT molecular complexity index is 575. The minimum absolute atomic E-state index is 0.166. The number of methoxy groups -OCH3 is 1. The maximum Gasteiger partial charge on any atom is 0.321 e. The van der Waals surface area contributed by atoms with Crippen LogP contribution in [-0.2, 0) is 0 Å². The average Bonchev–Trinajstić information content (AvgIpc) is 3.06. The lowest BCUT2D eigenvalue weighted by Crippen LogP contribution is -2.37. The summed E-state index contributed by atoms with van der Waals surface area (Å²) in [6, 6.07) is 4.12. The van der Waals surface area contributed by atoms with E-state index in [2.05, 4.69) is 10.2 Å². The van der Waals surface area contributed by atoms with Crippen molar-refractivity contribution in [3.63, 3.8) is 0 Å². The fourth-order valence-electron chi connectivity index (χ4n) is 3.59. The molecule has 2 aliphatic heterocycles. The highest BCUT2D eigenvalue weighted by Crippen LogP contribution is 2.24. The van der Waals surface area contributed by atoms with Crippen LogP contribution in [-0.4, -0.2) is 55.7 Å². The molecule has 0 spiro atoms. The number of carbonyl (C=O) groups is 1. The third-order valence-electron chi connectivity index (χ3n) is 4.95. The van der Waals surface area contributed by atoms with E-state index in [0.717, 1.165) is 26.1 Å². The molecule has 0 saturated carbocycles. The van der Waals surface area contributed by atoms with E-state index in [4.69, 9.17) is 4.74 Å². The molecule has 1 aromatic carbocycles. The molecule has 132 valence electrons. The molecule has 24 heavy (non-hydrogen) atoms. The lowest BCUT2D eigenvalue weighted by Gasteiger charge is -2.29. The Kier molecular flexibility index (Phi) is 5.56. The summed E-state index contributed by atoms with van der Waals surface area (Å²) in [4.78, 5) is 16.7. The van der Waals surface area contributed by atoms with Gasteiger partial charge in [0.2, 0.25) is 0 Å². The predicted octanol–water partition coefficient (Wildman–Crippen LogP) is 3.17. The summed E-state index contributed by atoms with van der Waals surface area (Å²) in [7, 11) is 1.52. The van der Waals surface area contributed by atoms with Gasteiger partial charge in [0.25, 0.3) is 0 Å². The Labute approximate surface area is 142 Å². The Morgan fingerprint density at radius 2 is 2.08 bits per heavy atom. The molecule has 2 heterocycles. The van der Waals surface area contributed by atoms with Gasteiger partial charge in [-0.05, 0) is 50.4 Å². The first-order chi connectivity index (χ1) is 11.7. The van der Waals surface area contributed by atoms with Gasteiger partial charge in [0.1, 0.15) is 11.6 Å². The van der Waals surface area contributed by atoms with E-state index in [0.29, 0.717) is 11.7 Å². The van der Waals surface area contributed by atoms with Crippen LogP contribution in [0.2, 0.25) is 0 Å². The van der Waals surface area contributed by atoms with Crippen molar-refractivity contribution in [1.82, 2.24) is 9.80 Å². The minimum Gasteiger partial charge on any atom is -0.497 e. The molecular formula is C18H26FN3O2. The monoisotopic (exact) mass is 335 g/mol. The average molecular weight is 335 g/mol. The van der Waals surface area contributed by atoms with Crippen LogP contribution in [0.5, 0.6) is 5.75 Å². The number of carbonyl (C=O) groups excluding carboxylic acids is 1. The highest BCUT2D eigenvalue weighted by atomic mass is 19.1. The Hall–Kier alpha value is -1.82. The minimum atomic E-state index is -0.451. The number of benzene rings is 1. The summed E-state index contributed by atoms with van der Waals surface area (Å²) >= 11 is 0. The summed E-state index contributed by atoms with van der Waals surface area (Å²) < 4.78 is 18.9. The van der Waals surface area contributed by atoms with Crippen molar-refractivity contribution >= 4 is 11.7 Å². The molecule has 0 aliphatic carbocycles. The maximum absolute atomic E-state index is 13.8. The first-order valence-corrected chi connectivity index (χ1v) is 8.77. The Morgan fingerprint density at radius 1 is 1.29 bits per heavy atom. The van der Waals surface area contributed by atoms with Gasteiger partial charge in [-0.3, -0.25) is 0 Å². The van der Waals surface area contributed by atoms with E-state index in [1.54, 1.807) is 4.90 Å². The van der Waals surface area contributed by atoms with Crippen LogP contribution >= 0.6 is 0 Å². The second kappa shape index (κ2) is 7.83. The number of likely N-dealkylation sites (tertiary alicyclic amines) is 2. The highest BCUT2D eigenvalue weighted by Gasteiger charge is 2.28. The summed E-state index contributed by atoms with van der Waals surface area (Å²) in [6.07, 6.45) is 4.92. The molecule has 0 bridgehead atoms. The number of hydrogen-bond donors (Lipinski definition) is 1. The van der Waals surface area contributed by atoms with E-state index >= 15 is 0 Å². The van der Waals surface area contributed by atoms with Crippen LogP contribution in [0.3, 0.4) is 0 Å². The van der Waals surface area contributed by atoms with Crippen molar-refractivity contribution in [1.29, 1.82) is 0 Å². The summed E-state index contributed by atoms with van der Waals surface area (Å²) in [5, 5.41) is 2.67. The van der Waals surface area contributed by atoms with Crippen LogP contribution in [0.15, 0.2) is 18.2 Å². The third kappa shape index (κ3) is 4.17. The van der Waals surface area contributed by atoms with E-state index in [-0.39, 0.29) is 11.7 Å². The summed E-state index contributed by atoms with van der Waals surface area (Å²) in [5.41, 5.74) is 0.166. The van der Waals surface area contributed by atoms with Gasteiger partial charge in [-0.2, -0.15) is 0 Å². The number of amides is 2. The maximum atomic E-state index is 13.8. The van der Waals surface area contributed by atoms with Gasteiger partial charge in [-0.1, -0.05) is 6.42 Å². The zero-order valence-electron chi connectivity index (χ0n) is 14.3. The number of rotatable bonds is 4. The topological polar surface area (TPSA) is 44.8 Å². The number of nitrogens with zero attached hydrogens (tertiary/aromatic N) is 2. The number of ether oxygens (including phenoxy) is 1. The standard InChI is InChI=1S/C18H26FN3O2/c1-24-15-5-6-16(19)17(11-15)20-18(23)22-10-7-14(13-22)12-21-8-3-2-4-9-21/h5-6,11,14H,2-4,7-10,12-13H2,1H3,(H,20,23)/t14-/m1/s1. The van der Waals surface area contributed by atoms with Crippen LogP contribution in [0.1, 0.15) is 25.7 Å². The third-order valence-corrected chi connectivity index (χ3v) is 4.95. The predicted molar refractivity (Wildman–Crippen MR) is 91.9 cm³/mol. The highest BCUT2D eigenvalue weighted by molar-refractivity contribution is 5.89. The Morgan fingerprint density at radius 3 is 2.83 bits per heavy atom. The molecule has 2 saturated heterocycles. The summed E-state index contributed by atoms with van der Waals surface area (Å²) in [6.45, 7) is 4.90. The number of piperidine rings is 1. The molecule has 2 amide bonds. The van der Waals surface area contributed by atoms with Gasteiger partial charge in [-0.15, -0.1) is 0 Å². The first-order valence-electron chi connectivity index (χ1n) is 8.77. The molecular weight excluding hydrogens is 309 g/mol. The van der Waals surface area contributed by atoms with Crippen LogP contribution < -0.4 is 10.1 Å². The molecule has 1 aromatic rings. The van der Waals surface area contributed by atoms with E-state index < -0.39 is 5.82 Å². The van der Waals surface area contributed by atoms with Crippen molar-refractivity contribution in [2.75, 3.05) is 45.2 Å². The fourth-order valence-corrected chi connectivity index (χ4v) is 3.59. The largest absolute Gasteiger partial charge is 0.497 e. The van der Waals surface area contributed by atoms with Crippen molar-refractivity contribution < 1.29 is 13.9 Å². The van der Waals surface area contributed by atoms with E-state index in [1.165, 1.54) is 57.7 Å². The second-order valence-electron chi connectivity index (χ2n) is 6.74. The Balaban J connectivity index is 1.52.